The first kappa shape index (κ1) is 22.2. The Hall–Kier alpha value is -0.820. The summed E-state index contributed by atoms with van der Waals surface area (Å²) in [6.07, 6.45) is 3.42. The van der Waals surface area contributed by atoms with E-state index in [1.807, 2.05) is 7.05 Å². The molecule has 0 heterocycles. The topological polar surface area (TPSA) is 39.7 Å². The van der Waals surface area contributed by atoms with Crippen molar-refractivity contribution >= 4 is 29.9 Å². The van der Waals surface area contributed by atoms with Gasteiger partial charge in [-0.25, -0.2) is 0 Å². The maximum atomic E-state index is 4.28. The molecule has 5 heteroatoms. The smallest absolute Gasteiger partial charge is 0.191 e. The molecular formula is C18H33IN4. The number of aliphatic imine (C=N–C) groups is 1. The molecule has 1 rings (SSSR count). The van der Waals surface area contributed by atoms with Crippen LogP contribution >= 0.6 is 24.0 Å². The first-order valence-corrected chi connectivity index (χ1v) is 8.51. The second kappa shape index (κ2) is 14.8. The van der Waals surface area contributed by atoms with Crippen molar-refractivity contribution in [1.29, 1.82) is 0 Å². The van der Waals surface area contributed by atoms with Crippen molar-refractivity contribution in [3.8, 4) is 0 Å². The van der Waals surface area contributed by atoms with Gasteiger partial charge in [-0.2, -0.15) is 0 Å². The van der Waals surface area contributed by atoms with Gasteiger partial charge in [0.2, 0.25) is 0 Å². The summed E-state index contributed by atoms with van der Waals surface area (Å²) in [6, 6.07) is 10.6. The predicted molar refractivity (Wildman–Crippen MR) is 112 cm³/mol. The van der Waals surface area contributed by atoms with Crippen molar-refractivity contribution in [2.75, 3.05) is 39.8 Å². The average molecular weight is 432 g/mol. The largest absolute Gasteiger partial charge is 0.356 e. The number of hydrogen-bond donors (Lipinski definition) is 2. The summed E-state index contributed by atoms with van der Waals surface area (Å²) in [7, 11) is 1.83. The third-order valence-corrected chi connectivity index (χ3v) is 3.71. The van der Waals surface area contributed by atoms with E-state index < -0.39 is 0 Å². The molecule has 0 aromatic heterocycles. The molecule has 0 saturated heterocycles. The standard InChI is InChI=1S/C18H32N4.HI/c1-4-15-22(5-2)16-14-21-18(19-3)20-13-9-12-17-10-7-6-8-11-17;/h6-8,10-11H,4-5,9,12-16H2,1-3H3,(H2,19,20,21);1H. The summed E-state index contributed by atoms with van der Waals surface area (Å²) in [5.41, 5.74) is 1.39. The van der Waals surface area contributed by atoms with Crippen LogP contribution in [0.25, 0.3) is 0 Å². The van der Waals surface area contributed by atoms with Gasteiger partial charge >= 0.3 is 0 Å². The zero-order valence-electron chi connectivity index (χ0n) is 14.8. The molecule has 132 valence electrons. The van der Waals surface area contributed by atoms with Crippen LogP contribution in [-0.2, 0) is 6.42 Å². The number of halogens is 1. The predicted octanol–water partition coefficient (Wildman–Crippen LogP) is 3.13. The highest BCUT2D eigenvalue weighted by Gasteiger charge is 2.01. The van der Waals surface area contributed by atoms with Crippen LogP contribution in [0.1, 0.15) is 32.3 Å². The van der Waals surface area contributed by atoms with Crippen molar-refractivity contribution in [3.05, 3.63) is 35.9 Å². The summed E-state index contributed by atoms with van der Waals surface area (Å²) in [6.45, 7) is 9.66. The Morgan fingerprint density at radius 1 is 1.04 bits per heavy atom. The molecule has 0 radical (unpaired) electrons. The lowest BCUT2D eigenvalue weighted by molar-refractivity contribution is 0.293. The van der Waals surface area contributed by atoms with Crippen molar-refractivity contribution in [1.82, 2.24) is 15.5 Å². The number of benzene rings is 1. The van der Waals surface area contributed by atoms with Gasteiger partial charge in [0.15, 0.2) is 5.96 Å². The van der Waals surface area contributed by atoms with E-state index >= 15 is 0 Å². The Morgan fingerprint density at radius 3 is 2.35 bits per heavy atom. The molecule has 0 bridgehead atoms. The summed E-state index contributed by atoms with van der Waals surface area (Å²) in [4.78, 5) is 6.73. The molecule has 23 heavy (non-hydrogen) atoms. The van der Waals surface area contributed by atoms with E-state index in [1.54, 1.807) is 0 Å². The molecule has 0 aliphatic heterocycles. The SMILES string of the molecule is CCCN(CC)CCNC(=NC)NCCCc1ccccc1.I. The van der Waals surface area contributed by atoms with Crippen molar-refractivity contribution in [3.63, 3.8) is 0 Å². The monoisotopic (exact) mass is 432 g/mol. The third kappa shape index (κ3) is 10.5. The van der Waals surface area contributed by atoms with E-state index in [2.05, 4.69) is 64.7 Å². The molecule has 0 amide bonds. The number of nitrogens with one attached hydrogen (secondary N) is 2. The Labute approximate surface area is 159 Å². The molecule has 0 unspecified atom stereocenters. The molecular weight excluding hydrogens is 399 g/mol. The minimum atomic E-state index is 0. The van der Waals surface area contributed by atoms with Crippen LogP contribution in [0.15, 0.2) is 35.3 Å². The van der Waals surface area contributed by atoms with Crippen LogP contribution in [0.2, 0.25) is 0 Å². The molecule has 0 saturated carbocycles. The fourth-order valence-electron chi connectivity index (χ4n) is 2.44. The first-order valence-electron chi connectivity index (χ1n) is 8.51. The van der Waals surface area contributed by atoms with E-state index in [1.165, 1.54) is 18.5 Å². The second-order valence-electron chi connectivity index (χ2n) is 5.45. The van der Waals surface area contributed by atoms with Crippen LogP contribution in [0.3, 0.4) is 0 Å². The lowest BCUT2D eigenvalue weighted by Crippen LogP contribution is -2.42. The van der Waals surface area contributed by atoms with Crippen molar-refractivity contribution < 1.29 is 0 Å². The van der Waals surface area contributed by atoms with Gasteiger partial charge in [-0.15, -0.1) is 24.0 Å². The van der Waals surface area contributed by atoms with Gasteiger partial charge in [-0.05, 0) is 37.9 Å². The fourth-order valence-corrected chi connectivity index (χ4v) is 2.44. The average Bonchev–Trinajstić information content (AvgIpc) is 2.57. The zero-order chi connectivity index (χ0) is 16.0. The Morgan fingerprint density at radius 2 is 1.74 bits per heavy atom. The van der Waals surface area contributed by atoms with Crippen molar-refractivity contribution in [2.24, 2.45) is 4.99 Å². The van der Waals surface area contributed by atoms with E-state index in [9.17, 15) is 0 Å². The molecule has 0 spiro atoms. The normalized spacial score (nSPS) is 11.2. The first-order chi connectivity index (χ1) is 10.8. The summed E-state index contributed by atoms with van der Waals surface area (Å²) in [5, 5.41) is 6.77. The maximum absolute atomic E-state index is 4.28. The van der Waals surface area contributed by atoms with E-state index in [0.29, 0.717) is 0 Å². The number of hydrogen-bond acceptors (Lipinski definition) is 2. The van der Waals surface area contributed by atoms with Crippen LogP contribution in [0.5, 0.6) is 0 Å². The Bertz CT molecular complexity index is 409. The van der Waals surface area contributed by atoms with Gasteiger partial charge in [0.25, 0.3) is 0 Å². The third-order valence-electron chi connectivity index (χ3n) is 3.71. The highest BCUT2D eigenvalue weighted by atomic mass is 127. The molecule has 1 aromatic rings. The minimum Gasteiger partial charge on any atom is -0.356 e. The highest BCUT2D eigenvalue weighted by Crippen LogP contribution is 2.01. The van der Waals surface area contributed by atoms with E-state index in [4.69, 9.17) is 0 Å². The van der Waals surface area contributed by atoms with Crippen LogP contribution in [0.4, 0.5) is 0 Å². The van der Waals surface area contributed by atoms with Crippen LogP contribution < -0.4 is 10.6 Å². The van der Waals surface area contributed by atoms with Gasteiger partial charge in [-0.3, -0.25) is 4.99 Å². The fraction of sp³-hybridized carbons (Fsp3) is 0.611. The summed E-state index contributed by atoms with van der Waals surface area (Å²) < 4.78 is 0. The molecule has 0 fully saturated rings. The summed E-state index contributed by atoms with van der Waals surface area (Å²) in [5.74, 6) is 0.903. The molecule has 0 aliphatic carbocycles. The quantitative estimate of drug-likeness (QED) is 0.258. The molecule has 2 N–H and O–H groups in total. The summed E-state index contributed by atoms with van der Waals surface area (Å²) >= 11 is 0. The van der Waals surface area contributed by atoms with Gasteiger partial charge in [0, 0.05) is 26.7 Å². The molecule has 1 aromatic carbocycles. The van der Waals surface area contributed by atoms with Gasteiger partial charge in [-0.1, -0.05) is 44.2 Å². The van der Waals surface area contributed by atoms with Crippen molar-refractivity contribution in [2.45, 2.75) is 33.1 Å². The van der Waals surface area contributed by atoms with Gasteiger partial charge < -0.3 is 15.5 Å². The Kier molecular flexibility index (Phi) is 14.2. The van der Waals surface area contributed by atoms with E-state index in [0.717, 1.165) is 45.0 Å². The number of nitrogens with zero attached hydrogens (tertiary/aromatic N) is 2. The number of aryl methyl sites for hydroxylation is 1. The van der Waals surface area contributed by atoms with Gasteiger partial charge in [0.1, 0.15) is 0 Å². The number of likely N-dealkylation sites (N-methyl/N-ethyl adjacent to an activating group) is 1. The minimum absolute atomic E-state index is 0. The number of guanidine groups is 1. The van der Waals surface area contributed by atoms with E-state index in [-0.39, 0.29) is 24.0 Å². The van der Waals surface area contributed by atoms with Crippen LogP contribution in [-0.4, -0.2) is 50.6 Å². The maximum Gasteiger partial charge on any atom is 0.191 e. The highest BCUT2D eigenvalue weighted by molar-refractivity contribution is 14.0. The second-order valence-corrected chi connectivity index (χ2v) is 5.45. The molecule has 4 nitrogen and oxygen atoms in total. The lowest BCUT2D eigenvalue weighted by atomic mass is 10.1. The Balaban J connectivity index is 0.00000484. The van der Waals surface area contributed by atoms with Crippen LogP contribution in [0, 0.1) is 0 Å². The molecule has 0 atom stereocenters. The molecule has 0 aliphatic rings. The lowest BCUT2D eigenvalue weighted by Gasteiger charge is -2.20. The van der Waals surface area contributed by atoms with Gasteiger partial charge in [0.05, 0.1) is 0 Å². The zero-order valence-corrected chi connectivity index (χ0v) is 17.2. The number of rotatable bonds is 10.